The second kappa shape index (κ2) is 9.41. The molecule has 0 saturated carbocycles. The van der Waals surface area contributed by atoms with Crippen LogP contribution in [0.1, 0.15) is 22.5 Å². The van der Waals surface area contributed by atoms with E-state index < -0.39 is 23.4 Å². The lowest BCUT2D eigenvalue weighted by molar-refractivity contribution is -0.384. The van der Waals surface area contributed by atoms with Crippen LogP contribution in [-0.4, -0.2) is 39.7 Å². The van der Waals surface area contributed by atoms with Gasteiger partial charge in [0.1, 0.15) is 0 Å². The highest BCUT2D eigenvalue weighted by Crippen LogP contribution is 2.30. The van der Waals surface area contributed by atoms with Gasteiger partial charge in [0.05, 0.1) is 16.0 Å². The maximum atomic E-state index is 13.1. The first-order valence-corrected chi connectivity index (χ1v) is 11.3. The smallest absolute Gasteiger partial charge is 0.359 e. The minimum atomic E-state index is -0.842. The first kappa shape index (κ1) is 22.9. The van der Waals surface area contributed by atoms with Gasteiger partial charge in [0.15, 0.2) is 12.3 Å². The van der Waals surface area contributed by atoms with Gasteiger partial charge in [-0.2, -0.15) is 9.78 Å². The van der Waals surface area contributed by atoms with Gasteiger partial charge in [-0.15, -0.1) is 0 Å². The van der Waals surface area contributed by atoms with Crippen LogP contribution in [0.15, 0.2) is 77.6 Å². The number of aryl methyl sites for hydroxylation is 1. The number of esters is 1. The Labute approximate surface area is 204 Å². The molecule has 10 heteroatoms. The number of carbonyl (C=O) groups is 2. The Balaban J connectivity index is 1.41. The minimum absolute atomic E-state index is 0.0408. The predicted molar refractivity (Wildman–Crippen MR) is 131 cm³/mol. The third-order valence-corrected chi connectivity index (χ3v) is 6.02. The first-order chi connectivity index (χ1) is 17.4. The van der Waals surface area contributed by atoms with Crippen LogP contribution >= 0.6 is 0 Å². The number of nitrogens with zero attached hydrogens (tertiary/aromatic N) is 4. The molecule has 10 nitrogen and oxygen atoms in total. The number of anilines is 1. The number of carbonyl (C=O) groups excluding carboxylic acids is 2. The molecular weight excluding hydrogens is 464 g/mol. The number of benzene rings is 3. The maximum Gasteiger partial charge on any atom is 0.359 e. The Morgan fingerprint density at radius 1 is 1.00 bits per heavy atom. The number of para-hydroxylation sites is 1. The van der Waals surface area contributed by atoms with E-state index in [1.807, 2.05) is 0 Å². The Morgan fingerprint density at radius 2 is 1.72 bits per heavy atom. The quantitative estimate of drug-likeness (QED) is 0.241. The molecular formula is C26H20N4O6. The van der Waals surface area contributed by atoms with E-state index in [0.717, 1.165) is 4.68 Å². The van der Waals surface area contributed by atoms with Gasteiger partial charge in [0.2, 0.25) is 0 Å². The highest BCUT2D eigenvalue weighted by Gasteiger charge is 2.26. The molecule has 0 radical (unpaired) electrons. The van der Waals surface area contributed by atoms with Crippen molar-refractivity contribution < 1.29 is 19.2 Å². The van der Waals surface area contributed by atoms with E-state index in [-0.39, 0.29) is 16.9 Å². The third-order valence-electron chi connectivity index (χ3n) is 6.02. The molecule has 4 aromatic rings. The van der Waals surface area contributed by atoms with E-state index in [1.165, 1.54) is 23.1 Å². The Hall–Kier alpha value is -4.86. The van der Waals surface area contributed by atoms with E-state index in [0.29, 0.717) is 47.1 Å². The molecule has 1 amide bonds. The van der Waals surface area contributed by atoms with Gasteiger partial charge < -0.3 is 9.64 Å². The van der Waals surface area contributed by atoms with Crippen LogP contribution < -0.4 is 10.5 Å². The van der Waals surface area contributed by atoms with Crippen molar-refractivity contribution in [2.24, 2.45) is 0 Å². The molecule has 5 rings (SSSR count). The van der Waals surface area contributed by atoms with Crippen LogP contribution in [0, 0.1) is 10.1 Å². The van der Waals surface area contributed by atoms with Crippen molar-refractivity contribution >= 4 is 34.0 Å². The summed E-state index contributed by atoms with van der Waals surface area (Å²) in [4.78, 5) is 51.1. The van der Waals surface area contributed by atoms with E-state index in [2.05, 4.69) is 5.10 Å². The molecule has 2 heterocycles. The average Bonchev–Trinajstić information content (AvgIpc) is 2.91. The molecule has 36 heavy (non-hydrogen) atoms. The van der Waals surface area contributed by atoms with E-state index in [4.69, 9.17) is 4.74 Å². The van der Waals surface area contributed by atoms with Gasteiger partial charge >= 0.3 is 5.97 Å². The largest absolute Gasteiger partial charge is 0.451 e. The van der Waals surface area contributed by atoms with Gasteiger partial charge in [-0.1, -0.05) is 36.4 Å². The minimum Gasteiger partial charge on any atom is -0.451 e. The van der Waals surface area contributed by atoms with Gasteiger partial charge in [-0.05, 0) is 42.7 Å². The van der Waals surface area contributed by atoms with Gasteiger partial charge in [0, 0.05) is 29.8 Å². The molecule has 1 aromatic heterocycles. The molecule has 0 saturated heterocycles. The van der Waals surface area contributed by atoms with Gasteiger partial charge in [-0.25, -0.2) is 4.79 Å². The van der Waals surface area contributed by atoms with Crippen LogP contribution in [-0.2, 0) is 16.0 Å². The SMILES string of the molecule is O=C(OCC(=O)N1CCCc2cc([N+](=O)[O-])ccc21)c1nn(-c2ccccc2)c(=O)c2ccccc12. The predicted octanol–water partition coefficient (Wildman–Crippen LogP) is 3.43. The number of hydrogen-bond acceptors (Lipinski definition) is 7. The number of nitro groups is 1. The summed E-state index contributed by atoms with van der Waals surface area (Å²) < 4.78 is 6.48. The fraction of sp³-hybridized carbons (Fsp3) is 0.154. The monoisotopic (exact) mass is 484 g/mol. The van der Waals surface area contributed by atoms with Crippen molar-refractivity contribution in [2.75, 3.05) is 18.1 Å². The molecule has 1 aliphatic rings. The molecule has 3 aromatic carbocycles. The van der Waals surface area contributed by atoms with Crippen LogP contribution in [0.2, 0.25) is 0 Å². The zero-order valence-corrected chi connectivity index (χ0v) is 19.0. The normalized spacial score (nSPS) is 12.7. The lowest BCUT2D eigenvalue weighted by Gasteiger charge is -2.29. The molecule has 0 aliphatic carbocycles. The number of aromatic nitrogens is 2. The number of non-ortho nitro benzene ring substituents is 1. The summed E-state index contributed by atoms with van der Waals surface area (Å²) in [5.41, 5.74) is 1.23. The van der Waals surface area contributed by atoms with E-state index in [9.17, 15) is 24.5 Å². The number of ether oxygens (including phenoxy) is 1. The average molecular weight is 484 g/mol. The summed E-state index contributed by atoms with van der Waals surface area (Å²) in [6.45, 7) is -0.142. The van der Waals surface area contributed by atoms with Crippen molar-refractivity contribution in [2.45, 2.75) is 12.8 Å². The first-order valence-electron chi connectivity index (χ1n) is 11.3. The number of rotatable bonds is 5. The number of hydrogen-bond donors (Lipinski definition) is 0. The molecule has 0 bridgehead atoms. The highest BCUT2D eigenvalue weighted by molar-refractivity contribution is 6.03. The topological polar surface area (TPSA) is 125 Å². The molecule has 1 aliphatic heterocycles. The second-order valence-corrected chi connectivity index (χ2v) is 8.24. The lowest BCUT2D eigenvalue weighted by Crippen LogP contribution is -2.38. The van der Waals surface area contributed by atoms with Crippen molar-refractivity contribution in [3.05, 3.63) is 105 Å². The van der Waals surface area contributed by atoms with Crippen molar-refractivity contribution in [3.8, 4) is 5.69 Å². The summed E-state index contributed by atoms with van der Waals surface area (Å²) in [5.74, 6) is -1.30. The van der Waals surface area contributed by atoms with Crippen LogP contribution in [0.4, 0.5) is 11.4 Å². The van der Waals surface area contributed by atoms with Crippen LogP contribution in [0.3, 0.4) is 0 Å². The summed E-state index contributed by atoms with van der Waals surface area (Å²) in [7, 11) is 0. The maximum absolute atomic E-state index is 13.1. The molecule has 180 valence electrons. The van der Waals surface area contributed by atoms with Crippen LogP contribution in [0.25, 0.3) is 16.5 Å². The number of amides is 1. The summed E-state index contributed by atoms with van der Waals surface area (Å²) in [6, 6.07) is 19.6. The number of fused-ring (bicyclic) bond motifs is 2. The standard InChI is InChI=1S/C26H20N4O6/c31-23(28-14-6-7-17-15-19(30(34)35)12-13-22(17)28)16-36-26(33)24-20-10-4-5-11-21(20)25(32)29(27-24)18-8-2-1-3-9-18/h1-5,8-13,15H,6-7,14,16H2. The van der Waals surface area contributed by atoms with Gasteiger partial charge in [-0.3, -0.25) is 19.7 Å². The second-order valence-electron chi connectivity index (χ2n) is 8.24. The Morgan fingerprint density at radius 3 is 2.47 bits per heavy atom. The summed E-state index contributed by atoms with van der Waals surface area (Å²) in [6.07, 6.45) is 1.24. The molecule has 0 atom stereocenters. The van der Waals surface area contributed by atoms with E-state index in [1.54, 1.807) is 54.6 Å². The van der Waals surface area contributed by atoms with Crippen molar-refractivity contribution in [1.82, 2.24) is 9.78 Å². The summed E-state index contributed by atoms with van der Waals surface area (Å²) in [5, 5.41) is 16.0. The van der Waals surface area contributed by atoms with Crippen molar-refractivity contribution in [1.29, 1.82) is 0 Å². The van der Waals surface area contributed by atoms with Gasteiger partial charge in [0.25, 0.3) is 17.2 Å². The summed E-state index contributed by atoms with van der Waals surface area (Å²) >= 11 is 0. The fourth-order valence-corrected chi connectivity index (χ4v) is 4.31. The lowest BCUT2D eigenvalue weighted by atomic mass is 10.0. The Kier molecular flexibility index (Phi) is 5.99. The molecule has 0 fully saturated rings. The van der Waals surface area contributed by atoms with Crippen LogP contribution in [0.5, 0.6) is 0 Å². The molecule has 0 spiro atoms. The Bertz CT molecular complexity index is 1560. The fourth-order valence-electron chi connectivity index (χ4n) is 4.31. The van der Waals surface area contributed by atoms with Crippen molar-refractivity contribution in [3.63, 3.8) is 0 Å². The zero-order chi connectivity index (χ0) is 25.2. The van der Waals surface area contributed by atoms with E-state index >= 15 is 0 Å². The highest BCUT2D eigenvalue weighted by atomic mass is 16.6. The molecule has 0 N–H and O–H groups in total. The third kappa shape index (κ3) is 4.20. The zero-order valence-electron chi connectivity index (χ0n) is 19.0. The number of nitro benzene ring substituents is 1. The molecule has 0 unspecified atom stereocenters.